The molecule has 5 nitrogen and oxygen atoms in total. The fourth-order valence-electron chi connectivity index (χ4n) is 3.52. The van der Waals surface area contributed by atoms with Gasteiger partial charge in [-0.25, -0.2) is 0 Å². The highest BCUT2D eigenvalue weighted by Crippen LogP contribution is 2.47. The number of ether oxygens (including phenoxy) is 1. The quantitative estimate of drug-likeness (QED) is 0.637. The summed E-state index contributed by atoms with van der Waals surface area (Å²) >= 11 is 12.2. The van der Waals surface area contributed by atoms with E-state index in [4.69, 9.17) is 33.7 Å². The Morgan fingerprint density at radius 3 is 2.63 bits per heavy atom. The van der Waals surface area contributed by atoms with Crippen LogP contribution in [0, 0.1) is 11.3 Å². The second-order valence-electron chi connectivity index (χ2n) is 6.18. The third-order valence-corrected chi connectivity index (χ3v) is 5.35. The molecule has 27 heavy (non-hydrogen) atoms. The van der Waals surface area contributed by atoms with Crippen molar-refractivity contribution in [2.45, 2.75) is 12.8 Å². The number of carbonyl (C=O) groups excluding carboxylic acids is 1. The molecule has 2 N–H and O–H groups in total. The van der Waals surface area contributed by atoms with Gasteiger partial charge in [-0.05, 0) is 29.8 Å². The number of nitriles is 1. The van der Waals surface area contributed by atoms with Crippen LogP contribution < -0.4 is 10.5 Å². The fourth-order valence-corrected chi connectivity index (χ4v) is 3.82. The highest BCUT2D eigenvalue weighted by atomic mass is 35.5. The molecule has 1 atom stereocenters. The number of allylic oxidation sites excluding steroid dienone is 1. The van der Waals surface area contributed by atoms with E-state index < -0.39 is 5.92 Å². The molecule has 0 amide bonds. The standard InChI is InChI=1S/C20H13Cl2N3O2/c1-10(26)25-16-5-3-2-4-12(16)19-18(25)17(13(9-23)20(24)27-19)11-6-7-14(21)15(22)8-11/h2-8,17H,24H2,1H3/t17-/m1/s1. The van der Waals surface area contributed by atoms with Gasteiger partial charge in [0.2, 0.25) is 11.8 Å². The van der Waals surface area contributed by atoms with Crippen LogP contribution in [0.5, 0.6) is 5.75 Å². The first-order valence-electron chi connectivity index (χ1n) is 8.10. The van der Waals surface area contributed by atoms with E-state index in [2.05, 4.69) is 6.07 Å². The van der Waals surface area contributed by atoms with Gasteiger partial charge in [0.15, 0.2) is 5.75 Å². The molecule has 0 fully saturated rings. The number of nitrogens with zero attached hydrogens (tertiary/aromatic N) is 2. The third-order valence-electron chi connectivity index (χ3n) is 4.62. The second kappa shape index (κ2) is 6.34. The number of fused-ring (bicyclic) bond motifs is 3. The Morgan fingerprint density at radius 1 is 1.22 bits per heavy atom. The van der Waals surface area contributed by atoms with E-state index in [0.29, 0.717) is 32.6 Å². The number of hydrogen-bond acceptors (Lipinski definition) is 4. The van der Waals surface area contributed by atoms with E-state index in [1.165, 1.54) is 6.92 Å². The van der Waals surface area contributed by atoms with Gasteiger partial charge in [0.25, 0.3) is 0 Å². The lowest BCUT2D eigenvalue weighted by molar-refractivity contribution is 0.0937. The maximum Gasteiger partial charge on any atom is 0.228 e. The largest absolute Gasteiger partial charge is 0.438 e. The first kappa shape index (κ1) is 17.5. The monoisotopic (exact) mass is 397 g/mol. The topological polar surface area (TPSA) is 81.0 Å². The lowest BCUT2D eigenvalue weighted by atomic mass is 9.87. The molecule has 0 unspecified atom stereocenters. The minimum absolute atomic E-state index is 0.00697. The molecular formula is C20H13Cl2N3O2. The van der Waals surface area contributed by atoms with Crippen molar-refractivity contribution in [3.05, 3.63) is 75.2 Å². The summed E-state index contributed by atoms with van der Waals surface area (Å²) < 4.78 is 7.35. The molecule has 0 radical (unpaired) electrons. The smallest absolute Gasteiger partial charge is 0.228 e. The number of carbonyl (C=O) groups is 1. The number of para-hydroxylation sites is 1. The second-order valence-corrected chi connectivity index (χ2v) is 7.00. The number of benzene rings is 2. The Balaban J connectivity index is 2.11. The van der Waals surface area contributed by atoms with E-state index in [1.807, 2.05) is 24.3 Å². The molecule has 1 aliphatic rings. The Kier molecular flexibility index (Phi) is 4.11. The van der Waals surface area contributed by atoms with Gasteiger partial charge in [0.05, 0.1) is 27.2 Å². The van der Waals surface area contributed by atoms with Crippen molar-refractivity contribution in [1.82, 2.24) is 4.57 Å². The first-order chi connectivity index (χ1) is 12.9. The molecule has 0 saturated heterocycles. The summed E-state index contributed by atoms with van der Waals surface area (Å²) in [4.78, 5) is 12.5. The van der Waals surface area contributed by atoms with E-state index in [0.717, 1.165) is 5.39 Å². The van der Waals surface area contributed by atoms with Crippen LogP contribution in [0.2, 0.25) is 10.0 Å². The summed E-state index contributed by atoms with van der Waals surface area (Å²) in [5.41, 5.74) is 8.20. The molecule has 0 saturated carbocycles. The van der Waals surface area contributed by atoms with Crippen molar-refractivity contribution in [2.75, 3.05) is 0 Å². The zero-order valence-electron chi connectivity index (χ0n) is 14.2. The van der Waals surface area contributed by atoms with Gasteiger partial charge in [-0.2, -0.15) is 5.26 Å². The Bertz CT molecular complexity index is 1190. The van der Waals surface area contributed by atoms with E-state index in [-0.39, 0.29) is 17.4 Å². The van der Waals surface area contributed by atoms with Crippen molar-refractivity contribution < 1.29 is 9.53 Å². The predicted octanol–water partition coefficient (Wildman–Crippen LogP) is 4.83. The Labute approximate surface area is 165 Å². The fraction of sp³-hybridized carbons (Fsp3) is 0.100. The number of aromatic nitrogens is 1. The van der Waals surface area contributed by atoms with Gasteiger partial charge in [-0.1, -0.05) is 41.4 Å². The van der Waals surface area contributed by atoms with Gasteiger partial charge in [-0.15, -0.1) is 0 Å². The number of halogens is 2. The molecule has 1 aliphatic heterocycles. The summed E-state index contributed by atoms with van der Waals surface area (Å²) in [5.74, 6) is -0.329. The van der Waals surface area contributed by atoms with Crippen LogP contribution in [-0.2, 0) is 0 Å². The van der Waals surface area contributed by atoms with E-state index in [9.17, 15) is 10.1 Å². The van der Waals surface area contributed by atoms with Gasteiger partial charge in [0.1, 0.15) is 11.6 Å². The maximum atomic E-state index is 12.5. The van der Waals surface area contributed by atoms with Gasteiger partial charge < -0.3 is 10.5 Å². The average molecular weight is 398 g/mol. The van der Waals surface area contributed by atoms with Crippen LogP contribution in [0.1, 0.15) is 28.9 Å². The minimum atomic E-state index is -0.607. The SMILES string of the molecule is CC(=O)n1c2c(c3ccccc31)OC(N)=C(C#N)[C@H]2c1ccc(Cl)c(Cl)c1. The first-order valence-corrected chi connectivity index (χ1v) is 8.86. The summed E-state index contributed by atoms with van der Waals surface area (Å²) in [7, 11) is 0. The van der Waals surface area contributed by atoms with Crippen LogP contribution in [0.25, 0.3) is 10.9 Å². The van der Waals surface area contributed by atoms with Crippen molar-refractivity contribution in [3.8, 4) is 11.8 Å². The van der Waals surface area contributed by atoms with Crippen LogP contribution in [-0.4, -0.2) is 10.5 Å². The van der Waals surface area contributed by atoms with Gasteiger partial charge in [0, 0.05) is 12.3 Å². The van der Waals surface area contributed by atoms with E-state index >= 15 is 0 Å². The van der Waals surface area contributed by atoms with Crippen molar-refractivity contribution in [2.24, 2.45) is 5.73 Å². The number of rotatable bonds is 1. The third kappa shape index (κ3) is 2.57. The molecule has 7 heteroatoms. The Hall–Kier alpha value is -2.94. The molecule has 4 rings (SSSR count). The molecule has 0 bridgehead atoms. The molecule has 134 valence electrons. The summed E-state index contributed by atoms with van der Waals surface area (Å²) in [6.07, 6.45) is 0. The van der Waals surface area contributed by atoms with Crippen molar-refractivity contribution in [3.63, 3.8) is 0 Å². The molecule has 0 spiro atoms. The minimum Gasteiger partial charge on any atom is -0.438 e. The zero-order valence-corrected chi connectivity index (χ0v) is 15.7. The van der Waals surface area contributed by atoms with Gasteiger partial charge in [-0.3, -0.25) is 9.36 Å². The molecule has 1 aromatic heterocycles. The predicted molar refractivity (Wildman–Crippen MR) is 104 cm³/mol. The summed E-state index contributed by atoms with van der Waals surface area (Å²) in [6.45, 7) is 1.46. The molecule has 0 aliphatic carbocycles. The molecular weight excluding hydrogens is 385 g/mol. The van der Waals surface area contributed by atoms with Crippen molar-refractivity contribution >= 4 is 40.0 Å². The summed E-state index contributed by atoms with van der Waals surface area (Å²) in [6, 6.07) is 14.6. The lowest BCUT2D eigenvalue weighted by Gasteiger charge is -2.26. The molecule has 3 aromatic rings. The zero-order chi connectivity index (χ0) is 19.3. The number of hydrogen-bond donors (Lipinski definition) is 1. The highest BCUT2D eigenvalue weighted by molar-refractivity contribution is 6.42. The number of nitrogens with two attached hydrogens (primary N) is 1. The Morgan fingerprint density at radius 2 is 1.96 bits per heavy atom. The summed E-state index contributed by atoms with van der Waals surface area (Å²) in [5, 5.41) is 11.2. The van der Waals surface area contributed by atoms with Crippen LogP contribution >= 0.6 is 23.2 Å². The van der Waals surface area contributed by atoms with Crippen LogP contribution in [0.4, 0.5) is 0 Å². The average Bonchev–Trinajstić information content (AvgIpc) is 2.97. The van der Waals surface area contributed by atoms with Gasteiger partial charge >= 0.3 is 0 Å². The van der Waals surface area contributed by atoms with Crippen LogP contribution in [0.15, 0.2) is 53.9 Å². The lowest BCUT2D eigenvalue weighted by Crippen LogP contribution is -2.24. The molecule has 2 heterocycles. The highest BCUT2D eigenvalue weighted by Gasteiger charge is 2.37. The normalized spacial score (nSPS) is 16.0. The molecule has 2 aromatic carbocycles. The van der Waals surface area contributed by atoms with Crippen molar-refractivity contribution in [1.29, 1.82) is 5.26 Å². The maximum absolute atomic E-state index is 12.5. The van der Waals surface area contributed by atoms with E-state index in [1.54, 1.807) is 22.8 Å². The van der Waals surface area contributed by atoms with Crippen LogP contribution in [0.3, 0.4) is 0 Å².